The predicted molar refractivity (Wildman–Crippen MR) is 111 cm³/mol. The molecule has 3 heterocycles. The van der Waals surface area contributed by atoms with Crippen molar-refractivity contribution in [1.29, 1.82) is 0 Å². The summed E-state index contributed by atoms with van der Waals surface area (Å²) in [6, 6.07) is 3.76. The number of thioether (sulfide) groups is 1. The van der Waals surface area contributed by atoms with Crippen molar-refractivity contribution in [2.75, 3.05) is 5.32 Å². The highest BCUT2D eigenvalue weighted by Crippen LogP contribution is 2.47. The Labute approximate surface area is 168 Å². The molecule has 2 atom stereocenters. The number of aromatic nitrogens is 3. The number of nitrogens with one attached hydrogen (secondary N) is 2. The number of Topliss-reactive ketones (excluding diaryl/α,β-unsaturated/α-hetero) is 1. The standard InChI is InChI=1S/C21H24N4O2S/c1-11(2)28-20-24-18-17(19(27)25-20)15(12-6-5-7-22-10-12)16-13(23-18)8-21(3,4)9-14(16)26/h5-8,10-11,15-16H,9H2,1-4H3,(H2,23,24,25,27)/t15-,16-/m0/s1. The molecule has 0 bridgehead atoms. The van der Waals surface area contributed by atoms with Gasteiger partial charge < -0.3 is 10.3 Å². The summed E-state index contributed by atoms with van der Waals surface area (Å²) in [5.74, 6) is -0.145. The number of hydrogen-bond donors (Lipinski definition) is 2. The molecule has 2 N–H and O–H groups in total. The molecule has 146 valence electrons. The van der Waals surface area contributed by atoms with E-state index in [1.165, 1.54) is 11.8 Å². The molecule has 0 aromatic carbocycles. The molecule has 4 rings (SSSR count). The molecule has 28 heavy (non-hydrogen) atoms. The van der Waals surface area contributed by atoms with Crippen LogP contribution in [0, 0.1) is 11.3 Å². The molecule has 0 saturated carbocycles. The van der Waals surface area contributed by atoms with E-state index in [0.29, 0.717) is 28.2 Å². The van der Waals surface area contributed by atoms with Crippen molar-refractivity contribution in [2.24, 2.45) is 11.3 Å². The minimum absolute atomic E-state index is 0.134. The van der Waals surface area contributed by atoms with E-state index in [-0.39, 0.29) is 16.8 Å². The van der Waals surface area contributed by atoms with E-state index in [1.54, 1.807) is 12.4 Å². The third-order valence-corrected chi connectivity index (χ3v) is 5.98. The highest BCUT2D eigenvalue weighted by Gasteiger charge is 2.45. The lowest BCUT2D eigenvalue weighted by atomic mass is 9.67. The predicted octanol–water partition coefficient (Wildman–Crippen LogP) is 3.72. The maximum atomic E-state index is 13.1. The van der Waals surface area contributed by atoms with E-state index < -0.39 is 11.8 Å². The van der Waals surface area contributed by atoms with Crippen LogP contribution in [0.5, 0.6) is 0 Å². The minimum atomic E-state index is -0.420. The summed E-state index contributed by atoms with van der Waals surface area (Å²) in [5.41, 5.74) is 1.76. The molecular weight excluding hydrogens is 372 g/mol. The van der Waals surface area contributed by atoms with Gasteiger partial charge in [0, 0.05) is 35.7 Å². The normalized spacial score (nSPS) is 22.9. The number of H-pyrrole nitrogens is 1. The van der Waals surface area contributed by atoms with Crippen molar-refractivity contribution in [2.45, 2.75) is 50.4 Å². The average molecular weight is 397 g/mol. The molecule has 1 aliphatic heterocycles. The largest absolute Gasteiger partial charge is 0.343 e. The lowest BCUT2D eigenvalue weighted by Crippen LogP contribution is -2.41. The first-order chi connectivity index (χ1) is 13.2. The molecular formula is C21H24N4O2S. The Morgan fingerprint density at radius 3 is 2.71 bits per heavy atom. The summed E-state index contributed by atoms with van der Waals surface area (Å²) in [6.45, 7) is 8.21. The molecule has 7 heteroatoms. The Kier molecular flexibility index (Phi) is 4.65. The topological polar surface area (TPSA) is 87.7 Å². The summed E-state index contributed by atoms with van der Waals surface area (Å²) >= 11 is 1.51. The quantitative estimate of drug-likeness (QED) is 0.607. The first-order valence-electron chi connectivity index (χ1n) is 9.48. The highest BCUT2D eigenvalue weighted by atomic mass is 32.2. The van der Waals surface area contributed by atoms with Crippen LogP contribution in [0.15, 0.2) is 46.3 Å². The Bertz CT molecular complexity index is 1010. The Hall–Kier alpha value is -2.41. The monoisotopic (exact) mass is 396 g/mol. The van der Waals surface area contributed by atoms with Crippen LogP contribution in [0.25, 0.3) is 0 Å². The van der Waals surface area contributed by atoms with Gasteiger partial charge in [-0.1, -0.05) is 51.6 Å². The van der Waals surface area contributed by atoms with Crippen LogP contribution in [0.4, 0.5) is 5.82 Å². The van der Waals surface area contributed by atoms with Gasteiger partial charge >= 0.3 is 0 Å². The number of pyridine rings is 1. The third-order valence-electron chi connectivity index (χ3n) is 5.09. The molecule has 0 amide bonds. The fraction of sp³-hybridized carbons (Fsp3) is 0.429. The zero-order chi connectivity index (χ0) is 20.1. The van der Waals surface area contributed by atoms with E-state index >= 15 is 0 Å². The van der Waals surface area contributed by atoms with Gasteiger partial charge in [-0.3, -0.25) is 14.6 Å². The van der Waals surface area contributed by atoms with Crippen molar-refractivity contribution < 1.29 is 4.79 Å². The fourth-order valence-corrected chi connectivity index (χ4v) is 4.86. The summed E-state index contributed by atoms with van der Waals surface area (Å²) in [7, 11) is 0. The van der Waals surface area contributed by atoms with Crippen LogP contribution in [-0.4, -0.2) is 26.0 Å². The molecule has 6 nitrogen and oxygen atoms in total. The Morgan fingerprint density at radius 1 is 1.25 bits per heavy atom. The first kappa shape index (κ1) is 18.9. The van der Waals surface area contributed by atoms with Gasteiger partial charge in [-0.25, -0.2) is 4.98 Å². The first-order valence-corrected chi connectivity index (χ1v) is 10.4. The number of aromatic amines is 1. The van der Waals surface area contributed by atoms with Crippen molar-refractivity contribution in [3.05, 3.63) is 57.8 Å². The van der Waals surface area contributed by atoms with Gasteiger partial charge in [-0.05, 0) is 17.0 Å². The van der Waals surface area contributed by atoms with Crippen LogP contribution in [0.2, 0.25) is 0 Å². The van der Waals surface area contributed by atoms with Gasteiger partial charge in [0.05, 0.1) is 11.5 Å². The number of anilines is 1. The van der Waals surface area contributed by atoms with Crippen LogP contribution in [-0.2, 0) is 4.79 Å². The second kappa shape index (κ2) is 6.88. The number of carbonyl (C=O) groups is 1. The highest BCUT2D eigenvalue weighted by molar-refractivity contribution is 7.99. The number of hydrogen-bond acceptors (Lipinski definition) is 6. The average Bonchev–Trinajstić information content (AvgIpc) is 2.59. The van der Waals surface area contributed by atoms with Gasteiger partial charge in [0.2, 0.25) is 0 Å². The van der Waals surface area contributed by atoms with E-state index in [0.717, 1.165) is 11.3 Å². The van der Waals surface area contributed by atoms with Crippen molar-refractivity contribution in [1.82, 2.24) is 15.0 Å². The minimum Gasteiger partial charge on any atom is -0.343 e. The number of fused-ring (bicyclic) bond motifs is 2. The number of rotatable bonds is 3. The lowest BCUT2D eigenvalue weighted by Gasteiger charge is -2.40. The molecule has 0 radical (unpaired) electrons. The van der Waals surface area contributed by atoms with Crippen molar-refractivity contribution >= 4 is 23.4 Å². The number of allylic oxidation sites excluding steroid dienone is 2. The Balaban J connectivity index is 1.94. The number of nitrogens with zero attached hydrogens (tertiary/aromatic N) is 2. The number of carbonyl (C=O) groups excluding carboxylic acids is 1. The van der Waals surface area contributed by atoms with E-state index in [9.17, 15) is 9.59 Å². The SMILES string of the molecule is CC(C)Sc1nc2c(c(=O)[nH]1)[C@@H](c1cccnc1)[C@@H]1C(=O)CC(C)(C)C=C1N2. The summed E-state index contributed by atoms with van der Waals surface area (Å²) < 4.78 is 0. The second-order valence-corrected chi connectivity index (χ2v) is 9.96. The lowest BCUT2D eigenvalue weighted by molar-refractivity contribution is -0.124. The van der Waals surface area contributed by atoms with Crippen molar-refractivity contribution in [3.8, 4) is 0 Å². The van der Waals surface area contributed by atoms with Crippen LogP contribution < -0.4 is 10.9 Å². The molecule has 0 unspecified atom stereocenters. The fourth-order valence-electron chi connectivity index (χ4n) is 4.12. The molecule has 1 aliphatic carbocycles. The van der Waals surface area contributed by atoms with Gasteiger partial charge in [-0.15, -0.1) is 0 Å². The summed E-state index contributed by atoms with van der Waals surface area (Å²) in [5, 5.41) is 4.19. The van der Waals surface area contributed by atoms with Gasteiger partial charge in [0.1, 0.15) is 11.6 Å². The molecule has 0 spiro atoms. The Morgan fingerprint density at radius 2 is 2.04 bits per heavy atom. The number of ketones is 1. The molecule has 2 aliphatic rings. The van der Waals surface area contributed by atoms with Crippen molar-refractivity contribution in [3.63, 3.8) is 0 Å². The second-order valence-electron chi connectivity index (χ2n) is 8.40. The summed E-state index contributed by atoms with van der Waals surface area (Å²) in [4.78, 5) is 38.0. The van der Waals surface area contributed by atoms with E-state index in [2.05, 4.69) is 54.0 Å². The van der Waals surface area contributed by atoms with Gasteiger partial charge in [0.25, 0.3) is 5.56 Å². The van der Waals surface area contributed by atoms with E-state index in [1.807, 2.05) is 12.1 Å². The van der Waals surface area contributed by atoms with Crippen LogP contribution in [0.3, 0.4) is 0 Å². The molecule has 2 aromatic rings. The van der Waals surface area contributed by atoms with Gasteiger partial charge in [-0.2, -0.15) is 0 Å². The molecule has 2 aromatic heterocycles. The molecule has 0 saturated heterocycles. The molecule has 0 fully saturated rings. The van der Waals surface area contributed by atoms with Crippen LogP contribution in [0.1, 0.15) is 51.2 Å². The smallest absolute Gasteiger partial charge is 0.257 e. The zero-order valence-corrected chi connectivity index (χ0v) is 17.3. The third kappa shape index (κ3) is 3.39. The maximum Gasteiger partial charge on any atom is 0.257 e. The summed E-state index contributed by atoms with van der Waals surface area (Å²) in [6.07, 6.45) is 5.99. The van der Waals surface area contributed by atoms with Gasteiger partial charge in [0.15, 0.2) is 5.16 Å². The maximum absolute atomic E-state index is 13.1. The zero-order valence-electron chi connectivity index (χ0n) is 16.4. The van der Waals surface area contributed by atoms with Crippen LogP contribution >= 0.6 is 11.8 Å². The van der Waals surface area contributed by atoms with E-state index in [4.69, 9.17) is 0 Å².